The largest absolute Gasteiger partial charge is 0.434 e. The summed E-state index contributed by atoms with van der Waals surface area (Å²) >= 11 is 0. The van der Waals surface area contributed by atoms with Crippen LogP contribution in [0.2, 0.25) is 0 Å². The number of aromatic nitrogens is 1. The van der Waals surface area contributed by atoms with Crippen LogP contribution >= 0.6 is 0 Å². The molecule has 13 heavy (non-hydrogen) atoms. The van der Waals surface area contributed by atoms with Crippen LogP contribution in [-0.4, -0.2) is 10.8 Å². The highest BCUT2D eigenvalue weighted by atomic mass is 16.4. The lowest BCUT2D eigenvalue weighted by atomic mass is 10.3. The van der Waals surface area contributed by atoms with Crippen LogP contribution in [0.3, 0.4) is 0 Å². The van der Waals surface area contributed by atoms with Gasteiger partial charge in [-0.25, -0.2) is 4.98 Å². The number of ketones is 1. The van der Waals surface area contributed by atoms with Gasteiger partial charge in [0.2, 0.25) is 5.78 Å². The lowest BCUT2D eigenvalue weighted by Crippen LogP contribution is -1.95. The molecular weight excluding hydrogens is 166 g/mol. The highest BCUT2D eigenvalue weighted by molar-refractivity contribution is 5.93. The Bertz CT molecular complexity index is 412. The van der Waals surface area contributed by atoms with Crippen LogP contribution in [-0.2, 0) is 0 Å². The molecule has 3 heteroatoms. The van der Waals surface area contributed by atoms with E-state index in [2.05, 4.69) is 4.98 Å². The third kappa shape index (κ3) is 1.33. The minimum atomic E-state index is -0.0591. The molecule has 0 unspecified atom stereocenters. The van der Waals surface area contributed by atoms with Gasteiger partial charge in [-0.1, -0.05) is 19.1 Å². The molecule has 1 aromatic carbocycles. The van der Waals surface area contributed by atoms with Crippen molar-refractivity contribution in [2.24, 2.45) is 0 Å². The molecule has 0 amide bonds. The summed E-state index contributed by atoms with van der Waals surface area (Å²) in [4.78, 5) is 15.3. The SMILES string of the molecule is CCC(=O)c1nc2ccccc2o1. The number of para-hydroxylation sites is 2. The topological polar surface area (TPSA) is 43.1 Å². The first-order valence-electron chi connectivity index (χ1n) is 4.20. The van der Waals surface area contributed by atoms with E-state index >= 15 is 0 Å². The Kier molecular flexibility index (Phi) is 1.85. The monoisotopic (exact) mass is 175 g/mol. The molecule has 0 spiro atoms. The quantitative estimate of drug-likeness (QED) is 0.658. The van der Waals surface area contributed by atoms with Crippen molar-refractivity contribution in [3.8, 4) is 0 Å². The van der Waals surface area contributed by atoms with E-state index in [1.165, 1.54) is 0 Å². The first kappa shape index (κ1) is 7.98. The van der Waals surface area contributed by atoms with Crippen LogP contribution in [0.4, 0.5) is 0 Å². The van der Waals surface area contributed by atoms with E-state index in [-0.39, 0.29) is 11.7 Å². The Balaban J connectivity index is 2.56. The highest BCUT2D eigenvalue weighted by Gasteiger charge is 2.10. The Morgan fingerprint density at radius 3 is 2.92 bits per heavy atom. The number of rotatable bonds is 2. The molecule has 1 aromatic heterocycles. The summed E-state index contributed by atoms with van der Waals surface area (Å²) in [5.41, 5.74) is 1.40. The van der Waals surface area contributed by atoms with Crippen molar-refractivity contribution in [2.45, 2.75) is 13.3 Å². The zero-order chi connectivity index (χ0) is 9.26. The van der Waals surface area contributed by atoms with Crippen molar-refractivity contribution in [1.82, 2.24) is 4.98 Å². The lowest BCUT2D eigenvalue weighted by Gasteiger charge is -1.85. The molecule has 0 atom stereocenters. The van der Waals surface area contributed by atoms with Gasteiger partial charge in [-0.2, -0.15) is 0 Å². The fraction of sp³-hybridized carbons (Fsp3) is 0.200. The number of benzene rings is 1. The van der Waals surface area contributed by atoms with Gasteiger partial charge >= 0.3 is 0 Å². The third-order valence-corrected chi connectivity index (χ3v) is 1.85. The van der Waals surface area contributed by atoms with E-state index < -0.39 is 0 Å². The zero-order valence-corrected chi connectivity index (χ0v) is 7.28. The number of carbonyl (C=O) groups is 1. The van der Waals surface area contributed by atoms with Gasteiger partial charge in [-0.05, 0) is 12.1 Å². The van der Waals surface area contributed by atoms with Crippen molar-refractivity contribution >= 4 is 16.9 Å². The van der Waals surface area contributed by atoms with Crippen LogP contribution in [0.1, 0.15) is 24.0 Å². The minimum Gasteiger partial charge on any atom is -0.434 e. The Hall–Kier alpha value is -1.64. The van der Waals surface area contributed by atoms with Crippen molar-refractivity contribution in [2.75, 3.05) is 0 Å². The van der Waals surface area contributed by atoms with Gasteiger partial charge in [0.25, 0.3) is 5.89 Å². The van der Waals surface area contributed by atoms with Gasteiger partial charge < -0.3 is 4.42 Å². The molecule has 0 aliphatic carbocycles. The van der Waals surface area contributed by atoms with E-state index in [4.69, 9.17) is 4.42 Å². The van der Waals surface area contributed by atoms with E-state index in [9.17, 15) is 4.79 Å². The van der Waals surface area contributed by atoms with Crippen molar-refractivity contribution in [3.05, 3.63) is 30.2 Å². The molecule has 0 radical (unpaired) electrons. The van der Waals surface area contributed by atoms with Gasteiger partial charge in [0, 0.05) is 6.42 Å². The molecule has 0 saturated heterocycles. The second-order valence-electron chi connectivity index (χ2n) is 2.76. The maximum atomic E-state index is 11.2. The van der Waals surface area contributed by atoms with E-state index in [1.807, 2.05) is 18.2 Å². The molecule has 0 aliphatic heterocycles. The van der Waals surface area contributed by atoms with Gasteiger partial charge in [0.15, 0.2) is 5.58 Å². The van der Waals surface area contributed by atoms with Crippen molar-refractivity contribution in [1.29, 1.82) is 0 Å². The number of nitrogens with zero attached hydrogens (tertiary/aromatic N) is 1. The Morgan fingerprint density at radius 1 is 1.46 bits per heavy atom. The Labute approximate surface area is 75.4 Å². The summed E-state index contributed by atoms with van der Waals surface area (Å²) in [6.07, 6.45) is 0.423. The number of carbonyl (C=O) groups excluding carboxylic acids is 1. The zero-order valence-electron chi connectivity index (χ0n) is 7.28. The second kappa shape index (κ2) is 3.01. The lowest BCUT2D eigenvalue weighted by molar-refractivity contribution is 0.0957. The fourth-order valence-corrected chi connectivity index (χ4v) is 1.14. The van der Waals surface area contributed by atoms with Gasteiger partial charge in [-0.15, -0.1) is 0 Å². The van der Waals surface area contributed by atoms with Gasteiger partial charge in [0.1, 0.15) is 5.52 Å². The molecule has 2 aromatic rings. The highest BCUT2D eigenvalue weighted by Crippen LogP contribution is 2.15. The number of hydrogen-bond acceptors (Lipinski definition) is 3. The summed E-state index contributed by atoms with van der Waals surface area (Å²) in [5.74, 6) is 0.153. The number of oxazole rings is 1. The van der Waals surface area contributed by atoms with Crippen molar-refractivity contribution in [3.63, 3.8) is 0 Å². The van der Waals surface area contributed by atoms with Gasteiger partial charge in [0.05, 0.1) is 0 Å². The third-order valence-electron chi connectivity index (χ3n) is 1.85. The molecular formula is C10H9NO2. The summed E-state index contributed by atoms with van der Waals surface area (Å²) in [6, 6.07) is 7.35. The average molecular weight is 175 g/mol. The second-order valence-corrected chi connectivity index (χ2v) is 2.76. The van der Waals surface area contributed by atoms with Crippen LogP contribution in [0.15, 0.2) is 28.7 Å². The first-order chi connectivity index (χ1) is 6.31. The number of Topliss-reactive ketones (excluding diaryl/α,β-unsaturated/α-hetero) is 1. The predicted molar refractivity (Wildman–Crippen MR) is 48.6 cm³/mol. The molecule has 3 nitrogen and oxygen atoms in total. The minimum absolute atomic E-state index is 0.0591. The van der Waals surface area contributed by atoms with Crippen LogP contribution in [0.25, 0.3) is 11.1 Å². The standard InChI is InChI=1S/C10H9NO2/c1-2-8(12)10-11-7-5-3-4-6-9(7)13-10/h3-6H,2H2,1H3. The molecule has 0 fully saturated rings. The Morgan fingerprint density at radius 2 is 2.23 bits per heavy atom. The molecule has 0 N–H and O–H groups in total. The van der Waals surface area contributed by atoms with E-state index in [0.29, 0.717) is 12.0 Å². The molecule has 0 bridgehead atoms. The molecule has 66 valence electrons. The number of hydrogen-bond donors (Lipinski definition) is 0. The van der Waals surface area contributed by atoms with Crippen LogP contribution < -0.4 is 0 Å². The average Bonchev–Trinajstić information content (AvgIpc) is 2.59. The van der Waals surface area contributed by atoms with E-state index in [0.717, 1.165) is 5.52 Å². The molecule has 0 saturated carbocycles. The van der Waals surface area contributed by atoms with Crippen LogP contribution in [0.5, 0.6) is 0 Å². The summed E-state index contributed by atoms with van der Waals surface area (Å²) in [5, 5.41) is 0. The van der Waals surface area contributed by atoms with Crippen LogP contribution in [0, 0.1) is 0 Å². The van der Waals surface area contributed by atoms with E-state index in [1.54, 1.807) is 13.0 Å². The first-order valence-corrected chi connectivity index (χ1v) is 4.20. The molecule has 0 aliphatic rings. The summed E-state index contributed by atoms with van der Waals surface area (Å²) in [6.45, 7) is 1.79. The maximum absolute atomic E-state index is 11.2. The molecule has 2 rings (SSSR count). The molecule has 1 heterocycles. The predicted octanol–water partition coefficient (Wildman–Crippen LogP) is 2.42. The normalized spacial score (nSPS) is 10.5. The summed E-state index contributed by atoms with van der Waals surface area (Å²) in [7, 11) is 0. The fourth-order valence-electron chi connectivity index (χ4n) is 1.14. The maximum Gasteiger partial charge on any atom is 0.264 e. The van der Waals surface area contributed by atoms with Crippen molar-refractivity contribution < 1.29 is 9.21 Å². The number of fused-ring (bicyclic) bond motifs is 1. The summed E-state index contributed by atoms with van der Waals surface area (Å²) < 4.78 is 5.26. The van der Waals surface area contributed by atoms with Gasteiger partial charge in [-0.3, -0.25) is 4.79 Å². The smallest absolute Gasteiger partial charge is 0.264 e.